The van der Waals surface area contributed by atoms with Crippen molar-refractivity contribution in [2.75, 3.05) is 5.73 Å². The van der Waals surface area contributed by atoms with Crippen molar-refractivity contribution < 1.29 is 9.66 Å². The zero-order chi connectivity index (χ0) is 15.4. The molecule has 2 N–H and O–H groups in total. The van der Waals surface area contributed by atoms with Crippen LogP contribution in [0.5, 0.6) is 11.6 Å². The average molecular weight is 288 g/mol. The van der Waals surface area contributed by atoms with Gasteiger partial charge < -0.3 is 10.5 Å². The third-order valence-corrected chi connectivity index (χ3v) is 2.92. The maximum atomic E-state index is 10.6. The predicted octanol–water partition coefficient (Wildman–Crippen LogP) is 3.02. The number of aromatic nitrogens is 2. The van der Waals surface area contributed by atoms with Gasteiger partial charge in [-0.05, 0) is 25.5 Å². The van der Waals surface area contributed by atoms with E-state index in [2.05, 4.69) is 9.97 Å². The van der Waals surface area contributed by atoms with E-state index in [1.807, 2.05) is 6.92 Å². The van der Waals surface area contributed by atoms with Gasteiger partial charge >= 0.3 is 0 Å². The van der Waals surface area contributed by atoms with E-state index in [0.29, 0.717) is 35.3 Å². The number of anilines is 1. The highest BCUT2D eigenvalue weighted by atomic mass is 16.6. The van der Waals surface area contributed by atoms with E-state index >= 15 is 0 Å². The van der Waals surface area contributed by atoms with E-state index in [4.69, 9.17) is 10.5 Å². The standard InChI is InChI=1S/C14H16N4O3/c1-3-4-12-16-13(15)9(2)14(17-12)21-11-7-5-10(6-8-11)18(19)20/h5-8H,3-4H2,1-2H3,(H2,15,16,17). The summed E-state index contributed by atoms with van der Waals surface area (Å²) in [5.41, 5.74) is 6.50. The first kappa shape index (κ1) is 14.7. The first-order valence-electron chi connectivity index (χ1n) is 6.56. The number of aryl methyl sites for hydroxylation is 1. The van der Waals surface area contributed by atoms with Crippen LogP contribution >= 0.6 is 0 Å². The van der Waals surface area contributed by atoms with Gasteiger partial charge in [0, 0.05) is 18.6 Å². The number of rotatable bonds is 5. The number of nitrogen functional groups attached to an aromatic ring is 1. The van der Waals surface area contributed by atoms with Crippen LogP contribution < -0.4 is 10.5 Å². The van der Waals surface area contributed by atoms with E-state index in [-0.39, 0.29) is 5.69 Å². The summed E-state index contributed by atoms with van der Waals surface area (Å²) in [7, 11) is 0. The molecule has 0 amide bonds. The van der Waals surface area contributed by atoms with E-state index in [1.165, 1.54) is 24.3 Å². The zero-order valence-corrected chi connectivity index (χ0v) is 11.9. The van der Waals surface area contributed by atoms with E-state index in [9.17, 15) is 10.1 Å². The van der Waals surface area contributed by atoms with Gasteiger partial charge in [0.05, 0.1) is 10.5 Å². The summed E-state index contributed by atoms with van der Waals surface area (Å²) in [6, 6.07) is 5.80. The van der Waals surface area contributed by atoms with E-state index < -0.39 is 4.92 Å². The lowest BCUT2D eigenvalue weighted by Gasteiger charge is -2.10. The molecule has 0 fully saturated rings. The van der Waals surface area contributed by atoms with Crippen LogP contribution in [0.25, 0.3) is 0 Å². The van der Waals surface area contributed by atoms with Crippen LogP contribution in [-0.4, -0.2) is 14.9 Å². The lowest BCUT2D eigenvalue weighted by Crippen LogP contribution is -2.05. The number of nitrogens with two attached hydrogens (primary N) is 1. The molecule has 0 bridgehead atoms. The highest BCUT2D eigenvalue weighted by Gasteiger charge is 2.11. The highest BCUT2D eigenvalue weighted by Crippen LogP contribution is 2.27. The SMILES string of the molecule is CCCc1nc(N)c(C)c(Oc2ccc([N+](=O)[O-])cc2)n1. The Bertz CT molecular complexity index is 656. The first-order valence-corrected chi connectivity index (χ1v) is 6.56. The second kappa shape index (κ2) is 6.17. The van der Waals surface area contributed by atoms with Crippen LogP contribution in [0.3, 0.4) is 0 Å². The fraction of sp³-hybridized carbons (Fsp3) is 0.286. The summed E-state index contributed by atoms with van der Waals surface area (Å²) in [4.78, 5) is 18.7. The summed E-state index contributed by atoms with van der Waals surface area (Å²) in [6.07, 6.45) is 1.61. The second-order valence-corrected chi connectivity index (χ2v) is 4.56. The third kappa shape index (κ3) is 3.44. The van der Waals surface area contributed by atoms with Crippen molar-refractivity contribution in [3.05, 3.63) is 45.8 Å². The average Bonchev–Trinajstić information content (AvgIpc) is 2.45. The molecule has 0 spiro atoms. The number of nitrogens with zero attached hydrogens (tertiary/aromatic N) is 3. The molecular weight excluding hydrogens is 272 g/mol. The molecule has 0 radical (unpaired) electrons. The Morgan fingerprint density at radius 2 is 1.95 bits per heavy atom. The molecule has 1 aromatic carbocycles. The Kier molecular flexibility index (Phi) is 4.32. The van der Waals surface area contributed by atoms with Crippen molar-refractivity contribution in [2.24, 2.45) is 0 Å². The maximum Gasteiger partial charge on any atom is 0.269 e. The number of benzene rings is 1. The summed E-state index contributed by atoms with van der Waals surface area (Å²) < 4.78 is 5.66. The minimum atomic E-state index is -0.461. The van der Waals surface area contributed by atoms with Crippen LogP contribution in [0.1, 0.15) is 24.7 Å². The largest absolute Gasteiger partial charge is 0.439 e. The molecule has 2 rings (SSSR count). The van der Waals surface area contributed by atoms with E-state index in [0.717, 1.165) is 6.42 Å². The normalized spacial score (nSPS) is 10.4. The van der Waals surface area contributed by atoms with Crippen molar-refractivity contribution in [2.45, 2.75) is 26.7 Å². The molecule has 7 heteroatoms. The van der Waals surface area contributed by atoms with Crippen molar-refractivity contribution in [3.63, 3.8) is 0 Å². The predicted molar refractivity (Wildman–Crippen MR) is 78.3 cm³/mol. The van der Waals surface area contributed by atoms with Crippen LogP contribution in [0.4, 0.5) is 11.5 Å². The molecule has 0 aliphatic heterocycles. The van der Waals surface area contributed by atoms with Gasteiger partial charge in [-0.1, -0.05) is 6.92 Å². The number of nitro groups is 1. The summed E-state index contributed by atoms with van der Waals surface area (Å²) >= 11 is 0. The number of ether oxygens (including phenoxy) is 1. The van der Waals surface area contributed by atoms with Gasteiger partial charge in [-0.3, -0.25) is 10.1 Å². The Balaban J connectivity index is 2.27. The Hall–Kier alpha value is -2.70. The molecule has 0 aliphatic rings. The minimum Gasteiger partial charge on any atom is -0.439 e. The van der Waals surface area contributed by atoms with Gasteiger partial charge in [-0.25, -0.2) is 4.98 Å². The quantitative estimate of drug-likeness (QED) is 0.669. The Morgan fingerprint density at radius 3 is 2.52 bits per heavy atom. The smallest absolute Gasteiger partial charge is 0.269 e. The molecule has 1 aromatic heterocycles. The zero-order valence-electron chi connectivity index (χ0n) is 11.9. The third-order valence-electron chi connectivity index (χ3n) is 2.92. The maximum absolute atomic E-state index is 10.6. The van der Waals surface area contributed by atoms with Crippen LogP contribution in [0, 0.1) is 17.0 Å². The number of nitro benzene ring substituents is 1. The number of non-ortho nitro benzene ring substituents is 1. The molecule has 0 aliphatic carbocycles. The van der Waals surface area contributed by atoms with Gasteiger partial charge in [0.2, 0.25) is 5.88 Å². The fourth-order valence-corrected chi connectivity index (χ4v) is 1.74. The Labute approximate surface area is 121 Å². The summed E-state index contributed by atoms with van der Waals surface area (Å²) in [5.74, 6) is 1.84. The van der Waals surface area contributed by atoms with Crippen molar-refractivity contribution >= 4 is 11.5 Å². The first-order chi connectivity index (χ1) is 10.0. The number of hydrogen-bond acceptors (Lipinski definition) is 6. The van der Waals surface area contributed by atoms with Crippen LogP contribution in [0.15, 0.2) is 24.3 Å². The molecule has 1 heterocycles. The molecule has 21 heavy (non-hydrogen) atoms. The summed E-state index contributed by atoms with van der Waals surface area (Å²) in [5, 5.41) is 10.6. The van der Waals surface area contributed by atoms with Gasteiger partial charge in [-0.15, -0.1) is 0 Å². The van der Waals surface area contributed by atoms with Crippen molar-refractivity contribution in [1.29, 1.82) is 0 Å². The Morgan fingerprint density at radius 1 is 1.29 bits per heavy atom. The molecule has 7 nitrogen and oxygen atoms in total. The molecule has 0 unspecified atom stereocenters. The molecule has 0 atom stereocenters. The fourth-order valence-electron chi connectivity index (χ4n) is 1.74. The molecule has 0 saturated heterocycles. The molecular formula is C14H16N4O3. The van der Waals surface area contributed by atoms with Crippen molar-refractivity contribution in [1.82, 2.24) is 9.97 Å². The monoisotopic (exact) mass is 288 g/mol. The molecule has 0 saturated carbocycles. The molecule has 110 valence electrons. The van der Waals surface area contributed by atoms with Crippen LogP contribution in [0.2, 0.25) is 0 Å². The molecule has 2 aromatic rings. The van der Waals surface area contributed by atoms with Crippen LogP contribution in [-0.2, 0) is 6.42 Å². The lowest BCUT2D eigenvalue weighted by molar-refractivity contribution is -0.384. The van der Waals surface area contributed by atoms with E-state index in [1.54, 1.807) is 6.92 Å². The van der Waals surface area contributed by atoms with Gasteiger partial charge in [0.25, 0.3) is 5.69 Å². The minimum absolute atomic E-state index is 0.00736. The van der Waals surface area contributed by atoms with Gasteiger partial charge in [-0.2, -0.15) is 4.98 Å². The number of hydrogen-bond donors (Lipinski definition) is 1. The van der Waals surface area contributed by atoms with Gasteiger partial charge in [0.1, 0.15) is 17.4 Å². The topological polar surface area (TPSA) is 104 Å². The lowest BCUT2D eigenvalue weighted by atomic mass is 10.2. The van der Waals surface area contributed by atoms with Crippen molar-refractivity contribution in [3.8, 4) is 11.6 Å². The highest BCUT2D eigenvalue weighted by molar-refractivity contribution is 5.46. The van der Waals surface area contributed by atoms with Gasteiger partial charge in [0.15, 0.2) is 0 Å². The second-order valence-electron chi connectivity index (χ2n) is 4.56. The summed E-state index contributed by atoms with van der Waals surface area (Å²) in [6.45, 7) is 3.79.